The van der Waals surface area contributed by atoms with Crippen molar-refractivity contribution >= 4 is 28.8 Å². The summed E-state index contributed by atoms with van der Waals surface area (Å²) in [5.41, 5.74) is 1.23. The molecule has 1 amide bonds. The van der Waals surface area contributed by atoms with Gasteiger partial charge in [0.05, 0.1) is 12.2 Å². The Morgan fingerprint density at radius 2 is 2.43 bits per heavy atom. The lowest BCUT2D eigenvalue weighted by atomic mass is 10.4. The SMILES string of the molecule is O=C(CCl)NCc1nc2c(s1)CCC2. The lowest BCUT2D eigenvalue weighted by Crippen LogP contribution is -2.23. The van der Waals surface area contributed by atoms with Crippen molar-refractivity contribution in [3.63, 3.8) is 0 Å². The van der Waals surface area contributed by atoms with Crippen LogP contribution in [0.1, 0.15) is 22.0 Å². The predicted octanol–water partition coefficient (Wildman–Crippen LogP) is 1.49. The molecule has 0 aliphatic heterocycles. The van der Waals surface area contributed by atoms with Crippen molar-refractivity contribution in [2.45, 2.75) is 25.8 Å². The number of carbonyl (C=O) groups is 1. The van der Waals surface area contributed by atoms with Crippen LogP contribution in [0.2, 0.25) is 0 Å². The summed E-state index contributed by atoms with van der Waals surface area (Å²) in [5.74, 6) is -0.118. The van der Waals surface area contributed by atoms with E-state index in [9.17, 15) is 4.79 Å². The number of carbonyl (C=O) groups excluding carboxylic acids is 1. The maximum absolute atomic E-state index is 10.9. The molecule has 2 rings (SSSR count). The third-order valence-corrected chi connectivity index (χ3v) is 3.60. The van der Waals surface area contributed by atoms with Gasteiger partial charge in [0.15, 0.2) is 0 Å². The van der Waals surface area contributed by atoms with Crippen LogP contribution in [-0.4, -0.2) is 16.8 Å². The Kier molecular flexibility index (Phi) is 3.03. The minimum atomic E-state index is -0.137. The molecule has 0 radical (unpaired) electrons. The van der Waals surface area contributed by atoms with Gasteiger partial charge in [-0.15, -0.1) is 22.9 Å². The van der Waals surface area contributed by atoms with E-state index in [0.717, 1.165) is 17.8 Å². The molecule has 76 valence electrons. The van der Waals surface area contributed by atoms with Crippen LogP contribution in [0.4, 0.5) is 0 Å². The Morgan fingerprint density at radius 3 is 3.14 bits per heavy atom. The van der Waals surface area contributed by atoms with E-state index in [4.69, 9.17) is 11.6 Å². The first-order chi connectivity index (χ1) is 6.79. The first-order valence-electron chi connectivity index (χ1n) is 4.59. The van der Waals surface area contributed by atoms with E-state index in [1.807, 2.05) is 0 Å². The third kappa shape index (κ3) is 2.07. The van der Waals surface area contributed by atoms with Crippen molar-refractivity contribution in [2.75, 3.05) is 5.88 Å². The molecule has 1 aromatic heterocycles. The van der Waals surface area contributed by atoms with Gasteiger partial charge in [0.1, 0.15) is 10.9 Å². The normalized spacial score (nSPS) is 14.1. The molecule has 1 N–H and O–H groups in total. The highest BCUT2D eigenvalue weighted by atomic mass is 35.5. The number of thiazole rings is 1. The number of aromatic nitrogens is 1. The molecule has 5 heteroatoms. The minimum absolute atomic E-state index is 0.0189. The molecule has 1 heterocycles. The van der Waals surface area contributed by atoms with Crippen molar-refractivity contribution in [3.8, 4) is 0 Å². The van der Waals surface area contributed by atoms with E-state index in [1.54, 1.807) is 11.3 Å². The van der Waals surface area contributed by atoms with E-state index in [2.05, 4.69) is 10.3 Å². The molecule has 0 atom stereocenters. The summed E-state index contributed by atoms with van der Waals surface area (Å²) in [6, 6.07) is 0. The first-order valence-corrected chi connectivity index (χ1v) is 5.95. The lowest BCUT2D eigenvalue weighted by molar-refractivity contribution is -0.118. The van der Waals surface area contributed by atoms with Gasteiger partial charge in [-0.25, -0.2) is 4.98 Å². The second kappa shape index (κ2) is 4.28. The molecule has 1 aromatic rings. The van der Waals surface area contributed by atoms with Gasteiger partial charge < -0.3 is 5.32 Å². The molecule has 0 fully saturated rings. The van der Waals surface area contributed by atoms with Crippen LogP contribution in [0.5, 0.6) is 0 Å². The van der Waals surface area contributed by atoms with Crippen LogP contribution in [0.3, 0.4) is 0 Å². The van der Waals surface area contributed by atoms with Gasteiger partial charge in [0.2, 0.25) is 5.91 Å². The summed E-state index contributed by atoms with van der Waals surface area (Å²) < 4.78 is 0. The topological polar surface area (TPSA) is 42.0 Å². The average Bonchev–Trinajstić information content (AvgIpc) is 2.73. The number of hydrogen-bond acceptors (Lipinski definition) is 3. The Hall–Kier alpha value is -0.610. The van der Waals surface area contributed by atoms with Gasteiger partial charge in [-0.05, 0) is 19.3 Å². The summed E-state index contributed by atoms with van der Waals surface area (Å²) >= 11 is 7.07. The minimum Gasteiger partial charge on any atom is -0.349 e. The van der Waals surface area contributed by atoms with Gasteiger partial charge in [-0.1, -0.05) is 0 Å². The van der Waals surface area contributed by atoms with E-state index in [1.165, 1.54) is 17.0 Å². The maximum Gasteiger partial charge on any atom is 0.235 e. The summed E-state index contributed by atoms with van der Waals surface area (Å²) in [5, 5.41) is 3.71. The van der Waals surface area contributed by atoms with Crippen LogP contribution in [0.15, 0.2) is 0 Å². The largest absolute Gasteiger partial charge is 0.349 e. The lowest BCUT2D eigenvalue weighted by Gasteiger charge is -1.98. The second-order valence-corrected chi connectivity index (χ2v) is 4.68. The number of aryl methyl sites for hydroxylation is 2. The third-order valence-electron chi connectivity index (χ3n) is 2.20. The Balaban J connectivity index is 1.94. The molecule has 3 nitrogen and oxygen atoms in total. The molecule has 0 bridgehead atoms. The molecule has 14 heavy (non-hydrogen) atoms. The number of fused-ring (bicyclic) bond motifs is 1. The van der Waals surface area contributed by atoms with Crippen LogP contribution >= 0.6 is 22.9 Å². The summed E-state index contributed by atoms with van der Waals surface area (Å²) in [7, 11) is 0. The molecule has 1 aliphatic rings. The fourth-order valence-corrected chi connectivity index (χ4v) is 2.73. The Labute approximate surface area is 91.5 Å². The van der Waals surface area contributed by atoms with Crippen LogP contribution in [-0.2, 0) is 24.2 Å². The molecular formula is C9H11ClN2OS. The number of halogens is 1. The monoisotopic (exact) mass is 230 g/mol. The summed E-state index contributed by atoms with van der Waals surface area (Å²) in [6.45, 7) is 0.517. The zero-order valence-electron chi connectivity index (χ0n) is 7.68. The molecule has 0 saturated carbocycles. The van der Waals surface area contributed by atoms with Gasteiger partial charge in [0.25, 0.3) is 0 Å². The van der Waals surface area contributed by atoms with E-state index >= 15 is 0 Å². The fourth-order valence-electron chi connectivity index (χ4n) is 1.54. The number of alkyl halides is 1. The molecule has 0 spiro atoms. The standard InChI is InChI=1S/C9H11ClN2OS/c10-4-8(13)11-5-9-12-6-2-1-3-7(6)14-9/h1-5H2,(H,11,13). The van der Waals surface area contributed by atoms with Crippen molar-refractivity contribution in [3.05, 3.63) is 15.6 Å². The summed E-state index contributed by atoms with van der Waals surface area (Å²) in [6.07, 6.45) is 3.47. The van der Waals surface area contributed by atoms with Crippen LogP contribution in [0, 0.1) is 0 Å². The van der Waals surface area contributed by atoms with Gasteiger partial charge in [-0.2, -0.15) is 0 Å². The van der Waals surface area contributed by atoms with E-state index < -0.39 is 0 Å². The Bertz CT molecular complexity index is 329. The average molecular weight is 231 g/mol. The smallest absolute Gasteiger partial charge is 0.235 e. The van der Waals surface area contributed by atoms with Gasteiger partial charge in [-0.3, -0.25) is 4.79 Å². The number of hydrogen-bond donors (Lipinski definition) is 1. The molecule has 0 unspecified atom stereocenters. The van der Waals surface area contributed by atoms with Crippen molar-refractivity contribution in [2.24, 2.45) is 0 Å². The molecule has 0 saturated heterocycles. The number of nitrogens with one attached hydrogen (secondary N) is 1. The predicted molar refractivity (Wildman–Crippen MR) is 56.7 cm³/mol. The quantitative estimate of drug-likeness (QED) is 0.800. The fraction of sp³-hybridized carbons (Fsp3) is 0.556. The van der Waals surface area contributed by atoms with E-state index in [-0.39, 0.29) is 11.8 Å². The zero-order valence-corrected chi connectivity index (χ0v) is 9.25. The van der Waals surface area contributed by atoms with Crippen molar-refractivity contribution in [1.82, 2.24) is 10.3 Å². The first kappa shape index (κ1) is 9.93. The highest BCUT2D eigenvalue weighted by molar-refractivity contribution is 7.11. The highest BCUT2D eigenvalue weighted by Gasteiger charge is 2.16. The second-order valence-electron chi connectivity index (χ2n) is 3.24. The zero-order chi connectivity index (χ0) is 9.97. The Morgan fingerprint density at radius 1 is 1.57 bits per heavy atom. The maximum atomic E-state index is 10.9. The van der Waals surface area contributed by atoms with Gasteiger partial charge in [0, 0.05) is 4.88 Å². The van der Waals surface area contributed by atoms with Crippen LogP contribution < -0.4 is 5.32 Å². The number of amides is 1. The highest BCUT2D eigenvalue weighted by Crippen LogP contribution is 2.27. The van der Waals surface area contributed by atoms with Crippen LogP contribution in [0.25, 0.3) is 0 Å². The number of nitrogens with zero attached hydrogens (tertiary/aromatic N) is 1. The number of rotatable bonds is 3. The summed E-state index contributed by atoms with van der Waals surface area (Å²) in [4.78, 5) is 16.7. The van der Waals surface area contributed by atoms with Crippen molar-refractivity contribution in [1.29, 1.82) is 0 Å². The van der Waals surface area contributed by atoms with E-state index in [0.29, 0.717) is 6.54 Å². The molecule has 1 aliphatic carbocycles. The van der Waals surface area contributed by atoms with Crippen molar-refractivity contribution < 1.29 is 4.79 Å². The van der Waals surface area contributed by atoms with Gasteiger partial charge >= 0.3 is 0 Å². The molecule has 0 aromatic carbocycles. The molecular weight excluding hydrogens is 220 g/mol.